The van der Waals surface area contributed by atoms with E-state index in [-0.39, 0.29) is 10.4 Å². The second-order valence-electron chi connectivity index (χ2n) is 5.58. The van der Waals surface area contributed by atoms with Gasteiger partial charge >= 0.3 is 0 Å². The van der Waals surface area contributed by atoms with Crippen LogP contribution in [-0.4, -0.2) is 9.55 Å². The number of rotatable bonds is 4. The average molecular weight is 315 g/mol. The van der Waals surface area contributed by atoms with Crippen LogP contribution in [0.25, 0.3) is 11.0 Å². The van der Waals surface area contributed by atoms with Crippen LogP contribution in [0.3, 0.4) is 0 Å². The molecule has 1 fully saturated rings. The molecule has 1 aromatic heterocycles. The monoisotopic (exact) mass is 314 g/mol. The van der Waals surface area contributed by atoms with E-state index >= 15 is 0 Å². The van der Waals surface area contributed by atoms with Crippen molar-refractivity contribution in [2.45, 2.75) is 44.5 Å². The number of aromatic nitrogens is 2. The number of hydrogen-bond donors (Lipinski definition) is 0. The van der Waals surface area contributed by atoms with Gasteiger partial charge in [-0.15, -0.1) is 11.6 Å². The van der Waals surface area contributed by atoms with Crippen molar-refractivity contribution in [3.63, 3.8) is 0 Å². The van der Waals surface area contributed by atoms with Crippen LogP contribution in [0.15, 0.2) is 12.1 Å². The minimum atomic E-state index is -0.405. The molecule has 1 aliphatic rings. The van der Waals surface area contributed by atoms with E-state index in [0.29, 0.717) is 5.52 Å². The second-order valence-corrected chi connectivity index (χ2v) is 6.64. The van der Waals surface area contributed by atoms with Gasteiger partial charge < -0.3 is 4.57 Å². The van der Waals surface area contributed by atoms with Crippen molar-refractivity contribution in [1.82, 2.24) is 9.55 Å². The van der Waals surface area contributed by atoms with Crippen LogP contribution < -0.4 is 0 Å². The minimum Gasteiger partial charge on any atom is -0.327 e. The van der Waals surface area contributed by atoms with E-state index in [1.54, 1.807) is 6.07 Å². The first kappa shape index (κ1) is 14.2. The number of benzene rings is 1. The van der Waals surface area contributed by atoms with Gasteiger partial charge in [-0.3, -0.25) is 0 Å². The van der Waals surface area contributed by atoms with Crippen molar-refractivity contribution in [3.8, 4) is 0 Å². The Morgan fingerprint density at radius 2 is 2.20 bits per heavy atom. The number of nitrogens with zero attached hydrogens (tertiary/aromatic N) is 2. The lowest BCUT2D eigenvalue weighted by molar-refractivity contribution is 0.282. The molecule has 0 radical (unpaired) electrons. The molecule has 0 bridgehead atoms. The van der Waals surface area contributed by atoms with Crippen LogP contribution in [0.4, 0.5) is 4.39 Å². The van der Waals surface area contributed by atoms with Crippen molar-refractivity contribution in [2.75, 3.05) is 0 Å². The highest BCUT2D eigenvalue weighted by Crippen LogP contribution is 2.32. The Morgan fingerprint density at radius 3 is 2.80 bits per heavy atom. The van der Waals surface area contributed by atoms with Crippen molar-refractivity contribution in [3.05, 3.63) is 28.8 Å². The maximum Gasteiger partial charge on any atom is 0.144 e. The maximum absolute atomic E-state index is 13.7. The predicted molar refractivity (Wildman–Crippen MR) is 80.9 cm³/mol. The number of alkyl halides is 1. The van der Waals surface area contributed by atoms with Gasteiger partial charge in [0, 0.05) is 12.6 Å². The van der Waals surface area contributed by atoms with E-state index in [0.717, 1.165) is 30.2 Å². The summed E-state index contributed by atoms with van der Waals surface area (Å²) in [5, 5.41) is -0.0967. The van der Waals surface area contributed by atoms with Gasteiger partial charge in [0.1, 0.15) is 11.6 Å². The highest BCUT2D eigenvalue weighted by molar-refractivity contribution is 6.31. The van der Waals surface area contributed by atoms with Gasteiger partial charge in [-0.2, -0.15) is 0 Å². The topological polar surface area (TPSA) is 17.8 Å². The van der Waals surface area contributed by atoms with Crippen LogP contribution in [0.1, 0.15) is 43.8 Å². The average Bonchev–Trinajstić information content (AvgIpc) is 2.67. The van der Waals surface area contributed by atoms with Gasteiger partial charge in [0.05, 0.1) is 21.4 Å². The zero-order valence-corrected chi connectivity index (χ0v) is 12.9. The molecular weight excluding hydrogens is 298 g/mol. The van der Waals surface area contributed by atoms with Crippen LogP contribution in [0.2, 0.25) is 5.02 Å². The Labute approximate surface area is 127 Å². The van der Waals surface area contributed by atoms with E-state index in [4.69, 9.17) is 23.2 Å². The molecule has 0 spiro atoms. The molecule has 2 nitrogen and oxygen atoms in total. The van der Waals surface area contributed by atoms with Crippen molar-refractivity contribution in [1.29, 1.82) is 0 Å². The Bertz CT molecular complexity index is 632. The first-order valence-electron chi connectivity index (χ1n) is 7.05. The lowest BCUT2D eigenvalue weighted by Gasteiger charge is -2.25. The minimum absolute atomic E-state index is 0.106. The summed E-state index contributed by atoms with van der Waals surface area (Å²) in [5.41, 5.74) is 1.50. The molecule has 1 atom stereocenters. The summed E-state index contributed by atoms with van der Waals surface area (Å²) in [6.07, 6.45) is 5.04. The Hall–Kier alpha value is -0.800. The SMILES string of the molecule is CC(Cl)c1nc2cc(Cl)c(F)cc2n1CCC1CCC1. The molecule has 1 heterocycles. The molecule has 1 aliphatic carbocycles. The highest BCUT2D eigenvalue weighted by atomic mass is 35.5. The number of imidazole rings is 1. The summed E-state index contributed by atoms with van der Waals surface area (Å²) in [6.45, 7) is 2.73. The molecular formula is C15H17Cl2FN2. The number of halogens is 3. The first-order chi connectivity index (χ1) is 9.56. The van der Waals surface area contributed by atoms with E-state index in [2.05, 4.69) is 4.98 Å². The third-order valence-corrected chi connectivity index (χ3v) is 4.65. The van der Waals surface area contributed by atoms with Crippen molar-refractivity contribution < 1.29 is 4.39 Å². The smallest absolute Gasteiger partial charge is 0.144 e. The first-order valence-corrected chi connectivity index (χ1v) is 7.87. The lowest BCUT2D eigenvalue weighted by atomic mass is 9.83. The van der Waals surface area contributed by atoms with Crippen LogP contribution in [0.5, 0.6) is 0 Å². The molecule has 20 heavy (non-hydrogen) atoms. The fourth-order valence-corrected chi connectivity index (χ4v) is 3.10. The summed E-state index contributed by atoms with van der Waals surface area (Å²) in [4.78, 5) is 4.52. The van der Waals surface area contributed by atoms with E-state index < -0.39 is 5.82 Å². The standard InChI is InChI=1S/C15H17Cl2FN2/c1-9(16)15-19-13-7-11(17)12(18)8-14(13)20(15)6-5-10-3-2-4-10/h7-10H,2-6H2,1H3. The zero-order valence-electron chi connectivity index (χ0n) is 11.4. The third kappa shape index (κ3) is 2.53. The Morgan fingerprint density at radius 1 is 1.45 bits per heavy atom. The fraction of sp³-hybridized carbons (Fsp3) is 0.533. The summed E-state index contributed by atoms with van der Waals surface area (Å²) in [5.74, 6) is 1.18. The molecule has 1 saturated carbocycles. The molecule has 1 unspecified atom stereocenters. The van der Waals surface area contributed by atoms with Gasteiger partial charge in [0.15, 0.2) is 0 Å². The highest BCUT2D eigenvalue weighted by Gasteiger charge is 2.20. The lowest BCUT2D eigenvalue weighted by Crippen LogP contribution is -2.15. The van der Waals surface area contributed by atoms with E-state index in [9.17, 15) is 4.39 Å². The van der Waals surface area contributed by atoms with Crippen LogP contribution in [-0.2, 0) is 6.54 Å². The number of aryl methyl sites for hydroxylation is 1. The van der Waals surface area contributed by atoms with E-state index in [1.165, 1.54) is 25.3 Å². The van der Waals surface area contributed by atoms with Crippen molar-refractivity contribution >= 4 is 34.2 Å². The molecule has 108 valence electrons. The third-order valence-electron chi connectivity index (χ3n) is 4.16. The van der Waals surface area contributed by atoms with Gasteiger partial charge in [-0.25, -0.2) is 9.37 Å². The molecule has 0 saturated heterocycles. The molecule has 0 aliphatic heterocycles. The van der Waals surface area contributed by atoms with Gasteiger partial charge in [-0.05, 0) is 25.3 Å². The number of hydrogen-bond acceptors (Lipinski definition) is 1. The summed E-state index contributed by atoms with van der Waals surface area (Å²) in [6, 6.07) is 3.04. The quantitative estimate of drug-likeness (QED) is 0.698. The van der Waals surface area contributed by atoms with Gasteiger partial charge in [-0.1, -0.05) is 30.9 Å². The van der Waals surface area contributed by atoms with Gasteiger partial charge in [0.2, 0.25) is 0 Å². The summed E-state index contributed by atoms with van der Waals surface area (Å²) < 4.78 is 15.8. The Kier molecular flexibility index (Phi) is 3.91. The van der Waals surface area contributed by atoms with Crippen LogP contribution in [0, 0.1) is 11.7 Å². The molecule has 5 heteroatoms. The summed E-state index contributed by atoms with van der Waals surface area (Å²) in [7, 11) is 0. The maximum atomic E-state index is 13.7. The molecule has 2 aromatic rings. The normalized spacial score (nSPS) is 17.4. The molecule has 1 aromatic carbocycles. The zero-order chi connectivity index (χ0) is 14.3. The fourth-order valence-electron chi connectivity index (χ4n) is 2.77. The Balaban J connectivity index is 2.00. The van der Waals surface area contributed by atoms with Crippen LogP contribution >= 0.6 is 23.2 Å². The molecule has 3 rings (SSSR count). The predicted octanol–water partition coefficient (Wildman–Crippen LogP) is 5.32. The number of fused-ring (bicyclic) bond motifs is 1. The molecule has 0 amide bonds. The molecule has 0 N–H and O–H groups in total. The second kappa shape index (κ2) is 5.53. The van der Waals surface area contributed by atoms with E-state index in [1.807, 2.05) is 11.5 Å². The largest absolute Gasteiger partial charge is 0.327 e. The van der Waals surface area contributed by atoms with Crippen molar-refractivity contribution in [2.24, 2.45) is 5.92 Å². The van der Waals surface area contributed by atoms with Gasteiger partial charge in [0.25, 0.3) is 0 Å². The summed E-state index contributed by atoms with van der Waals surface area (Å²) >= 11 is 12.0.